The van der Waals surface area contributed by atoms with Gasteiger partial charge in [-0.25, -0.2) is 4.39 Å². The van der Waals surface area contributed by atoms with Crippen molar-refractivity contribution in [2.45, 2.75) is 45.4 Å². The quantitative estimate of drug-likeness (QED) is 0.352. The maximum atomic E-state index is 14.4. The number of halogens is 2. The van der Waals surface area contributed by atoms with E-state index in [1.807, 2.05) is 30.3 Å². The molecule has 0 aromatic heterocycles. The lowest BCUT2D eigenvalue weighted by Crippen LogP contribution is -1.97. The van der Waals surface area contributed by atoms with Crippen molar-refractivity contribution in [2.24, 2.45) is 0 Å². The smallest absolute Gasteiger partial charge is 0.126 e. The van der Waals surface area contributed by atoms with Gasteiger partial charge in [0.25, 0.3) is 0 Å². The Hall–Kier alpha value is -2.12. The molecule has 0 atom stereocenters. The molecule has 140 valence electrons. The molecule has 3 rings (SSSR count). The molecule has 0 unspecified atom stereocenters. The van der Waals surface area contributed by atoms with Crippen molar-refractivity contribution in [3.63, 3.8) is 0 Å². The largest absolute Gasteiger partial charge is 0.207 e. The first kappa shape index (κ1) is 19.6. The van der Waals surface area contributed by atoms with Crippen molar-refractivity contribution >= 4 is 11.6 Å². The van der Waals surface area contributed by atoms with E-state index in [-0.39, 0.29) is 5.82 Å². The van der Waals surface area contributed by atoms with E-state index in [1.165, 1.54) is 12.8 Å². The Kier molecular flexibility index (Phi) is 7.06. The number of aryl methyl sites for hydroxylation is 3. The van der Waals surface area contributed by atoms with Crippen LogP contribution in [0.4, 0.5) is 4.39 Å². The maximum absolute atomic E-state index is 14.4. The summed E-state index contributed by atoms with van der Waals surface area (Å²) in [5.74, 6) is -0.0870. The molecule has 0 fully saturated rings. The van der Waals surface area contributed by atoms with E-state index in [0.717, 1.165) is 52.1 Å². The summed E-state index contributed by atoms with van der Waals surface area (Å²) in [5, 5.41) is 0.741. The first-order valence-corrected chi connectivity index (χ1v) is 10.2. The fourth-order valence-corrected chi connectivity index (χ4v) is 3.69. The molecule has 0 aliphatic carbocycles. The number of hydrogen-bond donors (Lipinski definition) is 0. The SMILES string of the molecule is CCCCCc1ccc(CCc2ccc(-c3ccccc3)c(Cl)c2)c(F)c1. The van der Waals surface area contributed by atoms with Crippen LogP contribution in [0.5, 0.6) is 0 Å². The first-order valence-electron chi connectivity index (χ1n) is 9.78. The van der Waals surface area contributed by atoms with E-state index >= 15 is 0 Å². The van der Waals surface area contributed by atoms with Crippen LogP contribution in [0.15, 0.2) is 66.7 Å². The highest BCUT2D eigenvalue weighted by Crippen LogP contribution is 2.29. The summed E-state index contributed by atoms with van der Waals surface area (Å²) in [6.07, 6.45) is 5.93. The van der Waals surface area contributed by atoms with Crippen LogP contribution in [-0.4, -0.2) is 0 Å². The molecular formula is C25H26ClF. The monoisotopic (exact) mass is 380 g/mol. The minimum Gasteiger partial charge on any atom is -0.207 e. The Morgan fingerprint density at radius 1 is 0.778 bits per heavy atom. The standard InChI is InChI=1S/C25H26ClF/c1-2-3-5-8-19-11-14-22(25(27)18-19)15-12-20-13-16-23(24(26)17-20)21-9-6-4-7-10-21/h4,6-7,9-11,13-14,16-18H,2-3,5,8,12,15H2,1H3. The van der Waals surface area contributed by atoms with Crippen LogP contribution in [0.3, 0.4) is 0 Å². The zero-order chi connectivity index (χ0) is 19.1. The van der Waals surface area contributed by atoms with Crippen LogP contribution in [-0.2, 0) is 19.3 Å². The topological polar surface area (TPSA) is 0 Å². The van der Waals surface area contributed by atoms with E-state index in [9.17, 15) is 4.39 Å². The molecule has 0 amide bonds. The van der Waals surface area contributed by atoms with Crippen LogP contribution in [0.25, 0.3) is 11.1 Å². The number of benzene rings is 3. The van der Waals surface area contributed by atoms with Gasteiger partial charge in [-0.15, -0.1) is 0 Å². The van der Waals surface area contributed by atoms with Gasteiger partial charge < -0.3 is 0 Å². The molecule has 3 aromatic rings. The lowest BCUT2D eigenvalue weighted by atomic mass is 9.98. The lowest BCUT2D eigenvalue weighted by molar-refractivity contribution is 0.604. The number of unbranched alkanes of at least 4 members (excludes halogenated alkanes) is 2. The van der Waals surface area contributed by atoms with Crippen LogP contribution in [0, 0.1) is 5.82 Å². The highest BCUT2D eigenvalue weighted by Gasteiger charge is 2.07. The Morgan fingerprint density at radius 3 is 2.22 bits per heavy atom. The molecule has 0 bridgehead atoms. The average molecular weight is 381 g/mol. The molecule has 0 heterocycles. The molecule has 27 heavy (non-hydrogen) atoms. The van der Waals surface area contributed by atoms with Gasteiger partial charge in [-0.2, -0.15) is 0 Å². The van der Waals surface area contributed by atoms with Gasteiger partial charge in [0.05, 0.1) is 0 Å². The molecule has 0 saturated heterocycles. The van der Waals surface area contributed by atoms with E-state index in [2.05, 4.69) is 37.3 Å². The van der Waals surface area contributed by atoms with Crippen LogP contribution < -0.4 is 0 Å². The second-order valence-corrected chi connectivity index (χ2v) is 7.47. The van der Waals surface area contributed by atoms with Gasteiger partial charge in [0.15, 0.2) is 0 Å². The third kappa shape index (κ3) is 5.43. The second-order valence-electron chi connectivity index (χ2n) is 7.06. The minimum absolute atomic E-state index is 0.0870. The van der Waals surface area contributed by atoms with Crippen LogP contribution in [0.1, 0.15) is 42.9 Å². The van der Waals surface area contributed by atoms with Gasteiger partial charge in [0.2, 0.25) is 0 Å². The molecule has 0 saturated carbocycles. The normalized spacial score (nSPS) is 10.9. The minimum atomic E-state index is -0.0870. The molecule has 0 N–H and O–H groups in total. The Labute approximate surface area is 167 Å². The first-order chi connectivity index (χ1) is 13.2. The van der Waals surface area contributed by atoms with Crippen LogP contribution >= 0.6 is 11.6 Å². The van der Waals surface area contributed by atoms with E-state index < -0.39 is 0 Å². The van der Waals surface area contributed by atoms with Gasteiger partial charge in [-0.3, -0.25) is 0 Å². The van der Waals surface area contributed by atoms with Gasteiger partial charge in [0.1, 0.15) is 5.82 Å². The van der Waals surface area contributed by atoms with Crippen molar-refractivity contribution < 1.29 is 4.39 Å². The lowest BCUT2D eigenvalue weighted by Gasteiger charge is -2.09. The van der Waals surface area contributed by atoms with Gasteiger partial charge in [-0.1, -0.05) is 86.0 Å². The predicted octanol–water partition coefficient (Wildman–Crippen LogP) is 7.66. The van der Waals surface area contributed by atoms with Crippen LogP contribution in [0.2, 0.25) is 5.02 Å². The molecule has 0 radical (unpaired) electrons. The van der Waals surface area contributed by atoms with Gasteiger partial charge >= 0.3 is 0 Å². The summed E-state index contributed by atoms with van der Waals surface area (Å²) in [4.78, 5) is 0. The third-order valence-corrected chi connectivity index (χ3v) is 5.30. The summed E-state index contributed by atoms with van der Waals surface area (Å²) >= 11 is 6.48. The Balaban J connectivity index is 1.64. The zero-order valence-corrected chi connectivity index (χ0v) is 16.6. The molecule has 2 heteroatoms. The molecule has 0 nitrogen and oxygen atoms in total. The number of rotatable bonds is 8. The Morgan fingerprint density at radius 2 is 1.52 bits per heavy atom. The predicted molar refractivity (Wildman–Crippen MR) is 114 cm³/mol. The highest BCUT2D eigenvalue weighted by atomic mass is 35.5. The molecule has 3 aromatic carbocycles. The molecule has 0 aliphatic heterocycles. The maximum Gasteiger partial charge on any atom is 0.126 e. The highest BCUT2D eigenvalue weighted by molar-refractivity contribution is 6.33. The Bertz CT molecular complexity index is 871. The zero-order valence-electron chi connectivity index (χ0n) is 15.8. The second kappa shape index (κ2) is 9.71. The molecular weight excluding hydrogens is 355 g/mol. The summed E-state index contributed by atoms with van der Waals surface area (Å²) in [5.41, 5.74) is 5.14. The summed E-state index contributed by atoms with van der Waals surface area (Å²) < 4.78 is 14.4. The summed E-state index contributed by atoms with van der Waals surface area (Å²) in [6, 6.07) is 22.0. The third-order valence-electron chi connectivity index (χ3n) is 4.99. The van der Waals surface area contributed by atoms with Crippen molar-refractivity contribution in [2.75, 3.05) is 0 Å². The van der Waals surface area contributed by atoms with Crippen molar-refractivity contribution in [3.8, 4) is 11.1 Å². The fraction of sp³-hybridized carbons (Fsp3) is 0.280. The summed E-state index contributed by atoms with van der Waals surface area (Å²) in [7, 11) is 0. The molecule has 0 aliphatic rings. The van der Waals surface area contributed by atoms with Crippen molar-refractivity contribution in [3.05, 3.63) is 94.3 Å². The van der Waals surface area contributed by atoms with E-state index in [4.69, 9.17) is 11.6 Å². The molecule has 0 spiro atoms. The fourth-order valence-electron chi connectivity index (χ4n) is 3.37. The van der Waals surface area contributed by atoms with Crippen molar-refractivity contribution in [1.29, 1.82) is 0 Å². The van der Waals surface area contributed by atoms with E-state index in [1.54, 1.807) is 6.07 Å². The van der Waals surface area contributed by atoms with E-state index in [0.29, 0.717) is 6.42 Å². The van der Waals surface area contributed by atoms with Crippen molar-refractivity contribution in [1.82, 2.24) is 0 Å². The van der Waals surface area contributed by atoms with Gasteiger partial charge in [-0.05, 0) is 60.1 Å². The average Bonchev–Trinajstić information content (AvgIpc) is 2.68. The number of hydrogen-bond acceptors (Lipinski definition) is 0. The summed E-state index contributed by atoms with van der Waals surface area (Å²) in [6.45, 7) is 2.18. The van der Waals surface area contributed by atoms with Gasteiger partial charge in [0, 0.05) is 10.6 Å².